The summed E-state index contributed by atoms with van der Waals surface area (Å²) in [6, 6.07) is 5.33. The van der Waals surface area contributed by atoms with E-state index in [1.807, 2.05) is 5.38 Å². The predicted molar refractivity (Wildman–Crippen MR) is 81.6 cm³/mol. The fourth-order valence-corrected chi connectivity index (χ4v) is 3.44. The van der Waals surface area contributed by atoms with Crippen molar-refractivity contribution in [3.8, 4) is 5.75 Å². The van der Waals surface area contributed by atoms with Crippen LogP contribution in [-0.2, 0) is 0 Å². The van der Waals surface area contributed by atoms with Crippen LogP contribution in [0.5, 0.6) is 5.75 Å². The van der Waals surface area contributed by atoms with Crippen LogP contribution in [0.1, 0.15) is 16.5 Å². The molecule has 2 heterocycles. The molecular formula is C13H11BrN2O3S. The highest BCUT2D eigenvalue weighted by Crippen LogP contribution is 2.35. The molecule has 5 nitrogen and oxygen atoms in total. The number of halogens is 1. The van der Waals surface area contributed by atoms with Gasteiger partial charge in [-0.3, -0.25) is 0 Å². The fourth-order valence-electron chi connectivity index (χ4n) is 2.02. The van der Waals surface area contributed by atoms with E-state index in [0.29, 0.717) is 16.6 Å². The number of methoxy groups -OCH3 is 1. The molecule has 0 saturated carbocycles. The smallest absolute Gasteiger partial charge is 0.323 e. The lowest BCUT2D eigenvalue weighted by Gasteiger charge is -2.11. The average molecular weight is 355 g/mol. The number of ether oxygens (including phenoxy) is 1. The third-order valence-electron chi connectivity index (χ3n) is 3.03. The van der Waals surface area contributed by atoms with E-state index in [1.54, 1.807) is 25.3 Å². The second-order valence-corrected chi connectivity index (χ2v) is 6.09. The highest BCUT2D eigenvalue weighted by atomic mass is 79.9. The molecule has 0 aliphatic heterocycles. The van der Waals surface area contributed by atoms with E-state index in [2.05, 4.69) is 25.9 Å². The number of aliphatic hydroxyl groups excluding tert-OH is 1. The van der Waals surface area contributed by atoms with Crippen molar-refractivity contribution in [3.05, 3.63) is 49.0 Å². The molecule has 0 aliphatic carbocycles. The van der Waals surface area contributed by atoms with Crippen LogP contribution in [0.4, 0.5) is 0 Å². The van der Waals surface area contributed by atoms with E-state index < -0.39 is 6.10 Å². The molecule has 0 radical (unpaired) electrons. The van der Waals surface area contributed by atoms with Gasteiger partial charge in [0.25, 0.3) is 0 Å². The van der Waals surface area contributed by atoms with Crippen LogP contribution in [0.25, 0.3) is 11.0 Å². The summed E-state index contributed by atoms with van der Waals surface area (Å²) < 4.78 is 5.86. The van der Waals surface area contributed by atoms with Crippen molar-refractivity contribution in [1.29, 1.82) is 0 Å². The standard InChI is InChI=1S/C13H11BrN2O3S/c1-19-6-2-11(20-5-6)12(17)7-3-9-10(4-8(7)14)16-13(18)15-9/h2-5,12,17H,1H3,(H2,15,16,18). The summed E-state index contributed by atoms with van der Waals surface area (Å²) in [5, 5.41) is 12.3. The van der Waals surface area contributed by atoms with Gasteiger partial charge in [0.1, 0.15) is 11.9 Å². The quantitative estimate of drug-likeness (QED) is 0.676. The molecule has 3 N–H and O–H groups in total. The Bertz CT molecular complexity index is 820. The largest absolute Gasteiger partial charge is 0.496 e. The van der Waals surface area contributed by atoms with Gasteiger partial charge in [0, 0.05) is 20.3 Å². The summed E-state index contributed by atoms with van der Waals surface area (Å²) in [6.07, 6.45) is -0.777. The molecular weight excluding hydrogens is 344 g/mol. The van der Waals surface area contributed by atoms with E-state index in [-0.39, 0.29) is 5.69 Å². The van der Waals surface area contributed by atoms with Crippen LogP contribution in [0.15, 0.2) is 32.8 Å². The average Bonchev–Trinajstić information content (AvgIpc) is 3.02. The zero-order chi connectivity index (χ0) is 14.3. The predicted octanol–water partition coefficient (Wildman–Crippen LogP) is 2.77. The fraction of sp³-hybridized carbons (Fsp3) is 0.154. The first-order valence-corrected chi connectivity index (χ1v) is 7.47. The lowest BCUT2D eigenvalue weighted by Crippen LogP contribution is -1.99. The van der Waals surface area contributed by atoms with Gasteiger partial charge in [0.05, 0.1) is 18.1 Å². The Morgan fingerprint density at radius 3 is 2.65 bits per heavy atom. The van der Waals surface area contributed by atoms with Gasteiger partial charge >= 0.3 is 5.69 Å². The molecule has 20 heavy (non-hydrogen) atoms. The van der Waals surface area contributed by atoms with Gasteiger partial charge in [-0.1, -0.05) is 15.9 Å². The van der Waals surface area contributed by atoms with Crippen LogP contribution in [0.3, 0.4) is 0 Å². The van der Waals surface area contributed by atoms with Crippen LogP contribution in [0.2, 0.25) is 0 Å². The number of nitrogens with one attached hydrogen (secondary N) is 2. The molecule has 2 aromatic heterocycles. The molecule has 104 valence electrons. The molecule has 1 aromatic carbocycles. The first-order valence-electron chi connectivity index (χ1n) is 5.80. The Morgan fingerprint density at radius 1 is 1.30 bits per heavy atom. The van der Waals surface area contributed by atoms with Crippen LogP contribution in [-0.4, -0.2) is 22.2 Å². The van der Waals surface area contributed by atoms with Crippen molar-refractivity contribution in [2.75, 3.05) is 7.11 Å². The van der Waals surface area contributed by atoms with Crippen LogP contribution in [0, 0.1) is 0 Å². The molecule has 0 bridgehead atoms. The number of imidazole rings is 1. The van der Waals surface area contributed by atoms with Gasteiger partial charge in [-0.05, 0) is 18.2 Å². The van der Waals surface area contributed by atoms with Crippen molar-refractivity contribution in [3.63, 3.8) is 0 Å². The van der Waals surface area contributed by atoms with Crippen molar-refractivity contribution >= 4 is 38.3 Å². The van der Waals surface area contributed by atoms with Crippen LogP contribution < -0.4 is 10.4 Å². The molecule has 7 heteroatoms. The van der Waals surface area contributed by atoms with Gasteiger partial charge < -0.3 is 19.8 Å². The Balaban J connectivity index is 2.07. The van der Waals surface area contributed by atoms with Crippen molar-refractivity contribution in [1.82, 2.24) is 9.97 Å². The molecule has 0 spiro atoms. The van der Waals surface area contributed by atoms with Crippen molar-refractivity contribution in [2.45, 2.75) is 6.10 Å². The molecule has 0 aliphatic rings. The molecule has 0 fully saturated rings. The summed E-state index contributed by atoms with van der Waals surface area (Å²) >= 11 is 4.85. The highest BCUT2D eigenvalue weighted by Gasteiger charge is 2.17. The number of fused-ring (bicyclic) bond motifs is 1. The normalized spacial score (nSPS) is 12.8. The van der Waals surface area contributed by atoms with Crippen molar-refractivity contribution < 1.29 is 9.84 Å². The number of aromatic amines is 2. The van der Waals surface area contributed by atoms with E-state index in [0.717, 1.165) is 15.1 Å². The number of H-pyrrole nitrogens is 2. The zero-order valence-electron chi connectivity index (χ0n) is 10.4. The third-order valence-corrected chi connectivity index (χ3v) is 4.68. The van der Waals surface area contributed by atoms with Gasteiger partial charge in [-0.25, -0.2) is 4.79 Å². The first kappa shape index (κ1) is 13.4. The molecule has 3 aromatic rings. The lowest BCUT2D eigenvalue weighted by atomic mass is 10.1. The third kappa shape index (κ3) is 2.28. The lowest BCUT2D eigenvalue weighted by molar-refractivity contribution is 0.223. The van der Waals surface area contributed by atoms with E-state index >= 15 is 0 Å². The van der Waals surface area contributed by atoms with Crippen LogP contribution >= 0.6 is 27.3 Å². The maximum atomic E-state index is 11.3. The molecule has 3 rings (SSSR count). The van der Waals surface area contributed by atoms with Crippen molar-refractivity contribution in [2.24, 2.45) is 0 Å². The molecule has 0 amide bonds. The maximum Gasteiger partial charge on any atom is 0.323 e. The van der Waals surface area contributed by atoms with Gasteiger partial charge in [-0.15, -0.1) is 11.3 Å². The van der Waals surface area contributed by atoms with Gasteiger partial charge in [0.2, 0.25) is 0 Å². The minimum absolute atomic E-state index is 0.267. The second kappa shape index (κ2) is 5.08. The topological polar surface area (TPSA) is 78.1 Å². The highest BCUT2D eigenvalue weighted by molar-refractivity contribution is 9.10. The summed E-state index contributed by atoms with van der Waals surface area (Å²) in [6.45, 7) is 0. The minimum atomic E-state index is -0.777. The summed E-state index contributed by atoms with van der Waals surface area (Å²) in [5.74, 6) is 0.719. The molecule has 1 unspecified atom stereocenters. The SMILES string of the molecule is COc1csc(C(O)c2cc3[nH]c(=O)[nH]c3cc2Br)c1. The molecule has 1 atom stereocenters. The maximum absolute atomic E-state index is 11.3. The van der Waals surface area contributed by atoms with Gasteiger partial charge in [0.15, 0.2) is 0 Å². The number of aromatic nitrogens is 2. The number of benzene rings is 1. The Kier molecular flexibility index (Phi) is 3.41. The second-order valence-electron chi connectivity index (χ2n) is 4.29. The summed E-state index contributed by atoms with van der Waals surface area (Å²) in [5.41, 5.74) is 1.78. The Morgan fingerprint density at radius 2 is 2.00 bits per heavy atom. The van der Waals surface area contributed by atoms with Gasteiger partial charge in [-0.2, -0.15) is 0 Å². The number of hydrogen-bond acceptors (Lipinski definition) is 4. The summed E-state index contributed by atoms with van der Waals surface area (Å²) in [7, 11) is 1.59. The number of aliphatic hydroxyl groups is 1. The summed E-state index contributed by atoms with van der Waals surface area (Å²) in [4.78, 5) is 17.4. The zero-order valence-corrected chi connectivity index (χ0v) is 12.8. The Hall–Kier alpha value is -1.57. The van der Waals surface area contributed by atoms with E-state index in [9.17, 15) is 9.90 Å². The molecule has 0 saturated heterocycles. The first-order chi connectivity index (χ1) is 9.58. The monoisotopic (exact) mass is 354 g/mol. The van der Waals surface area contributed by atoms with E-state index in [1.165, 1.54) is 11.3 Å². The van der Waals surface area contributed by atoms with E-state index in [4.69, 9.17) is 4.74 Å². The Labute approximate surface area is 126 Å². The minimum Gasteiger partial charge on any atom is -0.496 e. The number of thiophene rings is 1. The number of hydrogen-bond donors (Lipinski definition) is 3. The number of rotatable bonds is 3.